The molecule has 1 saturated heterocycles. The van der Waals surface area contributed by atoms with Gasteiger partial charge in [0, 0.05) is 0 Å². The minimum Gasteiger partial charge on any atom is -0.328 e. The zero-order chi connectivity index (χ0) is 15.5. The van der Waals surface area contributed by atoms with E-state index in [1.54, 1.807) is 23.5 Å². The topological polar surface area (TPSA) is 41.8 Å². The second kappa shape index (κ2) is 6.73. The van der Waals surface area contributed by atoms with Crippen LogP contribution in [0, 0.1) is 0 Å². The fraction of sp³-hybridized carbons (Fsp3) is 0.375. The average Bonchev–Trinajstić information content (AvgIpc) is 3.18. The van der Waals surface area contributed by atoms with Crippen LogP contribution < -0.4 is 4.90 Å². The van der Waals surface area contributed by atoms with E-state index in [4.69, 9.17) is 0 Å². The van der Waals surface area contributed by atoms with Gasteiger partial charge >= 0.3 is 0 Å². The van der Waals surface area contributed by atoms with Crippen molar-refractivity contribution in [2.75, 3.05) is 26.2 Å². The number of nitrogens with zero attached hydrogens (tertiary/aromatic N) is 1. The van der Waals surface area contributed by atoms with Crippen LogP contribution in [0.5, 0.6) is 0 Å². The molecule has 0 atom stereocenters. The molecule has 2 aromatic rings. The SMILES string of the molecule is CC(=O)c1ccc(C(=O)N2CC[NH+](Cc3cccs3)CC2)s1. The molecule has 0 unspecified atom stereocenters. The van der Waals surface area contributed by atoms with Crippen LogP contribution >= 0.6 is 22.7 Å². The van der Waals surface area contributed by atoms with Gasteiger partial charge in [-0.3, -0.25) is 9.59 Å². The molecule has 1 fully saturated rings. The largest absolute Gasteiger partial charge is 0.328 e. The summed E-state index contributed by atoms with van der Waals surface area (Å²) in [7, 11) is 0. The van der Waals surface area contributed by atoms with E-state index in [1.807, 2.05) is 4.90 Å². The number of carbonyl (C=O) groups excluding carboxylic acids is 2. The summed E-state index contributed by atoms with van der Waals surface area (Å²) in [6.45, 7) is 6.11. The highest BCUT2D eigenvalue weighted by molar-refractivity contribution is 7.16. The number of carbonyl (C=O) groups is 2. The van der Waals surface area contributed by atoms with Crippen molar-refractivity contribution in [2.24, 2.45) is 0 Å². The summed E-state index contributed by atoms with van der Waals surface area (Å²) in [6, 6.07) is 7.78. The van der Waals surface area contributed by atoms with Gasteiger partial charge in [0.05, 0.1) is 40.8 Å². The first kappa shape index (κ1) is 15.4. The average molecular weight is 335 g/mol. The van der Waals surface area contributed by atoms with Crippen LogP contribution in [0.25, 0.3) is 0 Å². The molecule has 1 aliphatic heterocycles. The number of thiophene rings is 2. The standard InChI is InChI=1S/C16H18N2O2S2/c1-12(19)14-4-5-15(22-14)16(20)18-8-6-17(7-9-18)11-13-3-2-10-21-13/h2-5,10H,6-9,11H2,1H3/p+1. The van der Waals surface area contributed by atoms with E-state index in [2.05, 4.69) is 17.5 Å². The van der Waals surface area contributed by atoms with Crippen LogP contribution in [-0.2, 0) is 6.54 Å². The Morgan fingerprint density at radius 2 is 1.91 bits per heavy atom. The van der Waals surface area contributed by atoms with Crippen molar-refractivity contribution < 1.29 is 14.5 Å². The molecule has 1 amide bonds. The molecule has 0 aliphatic carbocycles. The molecule has 0 radical (unpaired) electrons. The van der Waals surface area contributed by atoms with Gasteiger partial charge in [-0.15, -0.1) is 22.7 Å². The van der Waals surface area contributed by atoms with Crippen LogP contribution in [0.3, 0.4) is 0 Å². The third kappa shape index (κ3) is 3.45. The summed E-state index contributed by atoms with van der Waals surface area (Å²) in [6.07, 6.45) is 0. The number of rotatable bonds is 4. The Kier molecular flexibility index (Phi) is 4.71. The number of hydrogen-bond acceptors (Lipinski definition) is 4. The lowest BCUT2D eigenvalue weighted by atomic mass is 10.2. The van der Waals surface area contributed by atoms with Crippen LogP contribution in [0.4, 0.5) is 0 Å². The number of ketones is 1. The van der Waals surface area contributed by atoms with Crippen molar-refractivity contribution in [1.29, 1.82) is 0 Å². The molecular formula is C16H19N2O2S2+. The van der Waals surface area contributed by atoms with Crippen molar-refractivity contribution in [3.63, 3.8) is 0 Å². The quantitative estimate of drug-likeness (QED) is 0.862. The minimum atomic E-state index is 0.0225. The predicted octanol–water partition coefficient (Wildman–Crippen LogP) is 1.55. The number of hydrogen-bond donors (Lipinski definition) is 1. The van der Waals surface area contributed by atoms with Crippen molar-refractivity contribution >= 4 is 34.4 Å². The van der Waals surface area contributed by atoms with Crippen LogP contribution in [0.1, 0.15) is 31.1 Å². The van der Waals surface area contributed by atoms with Crippen molar-refractivity contribution in [3.8, 4) is 0 Å². The lowest BCUT2D eigenvalue weighted by Crippen LogP contribution is -3.13. The zero-order valence-corrected chi connectivity index (χ0v) is 14.1. The van der Waals surface area contributed by atoms with Crippen molar-refractivity contribution in [3.05, 3.63) is 44.3 Å². The van der Waals surface area contributed by atoms with Gasteiger partial charge in [0.2, 0.25) is 0 Å². The summed E-state index contributed by atoms with van der Waals surface area (Å²) < 4.78 is 0. The summed E-state index contributed by atoms with van der Waals surface area (Å²) in [5, 5.41) is 2.11. The van der Waals surface area contributed by atoms with Gasteiger partial charge < -0.3 is 9.80 Å². The fourth-order valence-electron chi connectivity index (χ4n) is 2.66. The summed E-state index contributed by atoms with van der Waals surface area (Å²) in [4.78, 5) is 30.0. The molecule has 0 aromatic carbocycles. The summed E-state index contributed by atoms with van der Waals surface area (Å²) in [5.41, 5.74) is 0. The number of quaternary nitrogens is 1. The number of piperazine rings is 1. The smallest absolute Gasteiger partial charge is 0.264 e. The van der Waals surface area contributed by atoms with Gasteiger partial charge in [0.1, 0.15) is 6.54 Å². The van der Waals surface area contributed by atoms with E-state index in [-0.39, 0.29) is 11.7 Å². The Labute approximate surface area is 138 Å². The highest BCUT2D eigenvalue weighted by Crippen LogP contribution is 2.19. The van der Waals surface area contributed by atoms with E-state index in [0.717, 1.165) is 32.7 Å². The summed E-state index contributed by atoms with van der Waals surface area (Å²) >= 11 is 3.10. The molecule has 6 heteroatoms. The lowest BCUT2D eigenvalue weighted by Gasteiger charge is -2.31. The molecule has 1 N–H and O–H groups in total. The number of nitrogens with one attached hydrogen (secondary N) is 1. The molecule has 22 heavy (non-hydrogen) atoms. The van der Waals surface area contributed by atoms with Crippen LogP contribution in [0.2, 0.25) is 0 Å². The Morgan fingerprint density at radius 3 is 2.50 bits per heavy atom. The van der Waals surface area contributed by atoms with Gasteiger partial charge in [0.15, 0.2) is 5.78 Å². The van der Waals surface area contributed by atoms with E-state index >= 15 is 0 Å². The van der Waals surface area contributed by atoms with E-state index in [1.165, 1.54) is 28.0 Å². The van der Waals surface area contributed by atoms with E-state index in [0.29, 0.717) is 9.75 Å². The first-order chi connectivity index (χ1) is 10.6. The Bertz CT molecular complexity index is 656. The first-order valence-corrected chi connectivity index (χ1v) is 9.09. The Hall–Kier alpha value is -1.50. The number of amides is 1. The molecular weight excluding hydrogens is 316 g/mol. The molecule has 3 heterocycles. The van der Waals surface area contributed by atoms with E-state index < -0.39 is 0 Å². The first-order valence-electron chi connectivity index (χ1n) is 7.39. The fourth-order valence-corrected chi connectivity index (χ4v) is 4.31. The van der Waals surface area contributed by atoms with Crippen molar-refractivity contribution in [1.82, 2.24) is 4.90 Å². The van der Waals surface area contributed by atoms with Crippen molar-refractivity contribution in [2.45, 2.75) is 13.5 Å². The van der Waals surface area contributed by atoms with Gasteiger partial charge in [0.25, 0.3) is 5.91 Å². The molecule has 116 valence electrons. The van der Waals surface area contributed by atoms with Gasteiger partial charge in [-0.05, 0) is 30.5 Å². The van der Waals surface area contributed by atoms with Gasteiger partial charge in [-0.2, -0.15) is 0 Å². The monoisotopic (exact) mass is 335 g/mol. The van der Waals surface area contributed by atoms with Crippen LogP contribution in [-0.4, -0.2) is 42.8 Å². The molecule has 3 rings (SSSR count). The maximum atomic E-state index is 12.5. The Morgan fingerprint density at radius 1 is 1.18 bits per heavy atom. The summed E-state index contributed by atoms with van der Waals surface area (Å²) in [5.74, 6) is 0.0851. The van der Waals surface area contributed by atoms with E-state index in [9.17, 15) is 9.59 Å². The minimum absolute atomic E-state index is 0.0225. The highest BCUT2D eigenvalue weighted by Gasteiger charge is 2.25. The molecule has 0 saturated carbocycles. The molecule has 0 bridgehead atoms. The van der Waals surface area contributed by atoms with Gasteiger partial charge in [-0.25, -0.2) is 0 Å². The predicted molar refractivity (Wildman–Crippen MR) is 88.9 cm³/mol. The zero-order valence-electron chi connectivity index (χ0n) is 12.5. The second-order valence-corrected chi connectivity index (χ2v) is 7.63. The third-order valence-corrected chi connectivity index (χ3v) is 5.98. The molecule has 2 aromatic heterocycles. The molecule has 4 nitrogen and oxygen atoms in total. The highest BCUT2D eigenvalue weighted by atomic mass is 32.1. The van der Waals surface area contributed by atoms with Gasteiger partial charge in [-0.1, -0.05) is 6.07 Å². The molecule has 0 spiro atoms. The molecule has 1 aliphatic rings. The maximum absolute atomic E-state index is 12.5. The number of Topliss-reactive ketones (excluding diaryl/α,β-unsaturated/α-hetero) is 1. The van der Waals surface area contributed by atoms with Crippen LogP contribution in [0.15, 0.2) is 29.6 Å². The second-order valence-electron chi connectivity index (χ2n) is 5.52. The maximum Gasteiger partial charge on any atom is 0.264 e. The Balaban J connectivity index is 1.56. The third-order valence-electron chi connectivity index (χ3n) is 3.93. The normalized spacial score (nSPS) is 16.0. The lowest BCUT2D eigenvalue weighted by molar-refractivity contribution is -0.917.